The monoisotopic (exact) mass is 224 g/mol. The van der Waals surface area contributed by atoms with E-state index in [1.165, 1.54) is 6.33 Å². The quantitative estimate of drug-likeness (QED) is 0.671. The highest BCUT2D eigenvalue weighted by molar-refractivity contribution is 5.81. The summed E-state index contributed by atoms with van der Waals surface area (Å²) < 4.78 is 7.65. The van der Waals surface area contributed by atoms with Crippen molar-refractivity contribution in [2.24, 2.45) is 7.05 Å². The Balaban J connectivity index is 2.06. The maximum absolute atomic E-state index is 5.72. The molecule has 0 saturated heterocycles. The summed E-state index contributed by atoms with van der Waals surface area (Å²) in [6, 6.07) is 12.2. The Hall–Kier alpha value is -2.36. The molecule has 0 aliphatic rings. The standard InChI is InChI=1S/C13H10N3O/c1-16-8-7-11-12(16)14-9-15-13(11)17-10-5-3-2-4-6-10/h3-9H,1H3. The first kappa shape index (κ1) is 9.84. The second-order valence-electron chi connectivity index (χ2n) is 3.68. The van der Waals surface area contributed by atoms with Crippen LogP contribution in [0.5, 0.6) is 11.6 Å². The smallest absolute Gasteiger partial charge is 0.231 e. The Morgan fingerprint density at radius 2 is 2.00 bits per heavy atom. The zero-order valence-corrected chi connectivity index (χ0v) is 9.29. The first-order chi connectivity index (χ1) is 8.34. The lowest BCUT2D eigenvalue weighted by molar-refractivity contribution is 0.468. The van der Waals surface area contributed by atoms with Crippen molar-refractivity contribution < 1.29 is 4.74 Å². The topological polar surface area (TPSA) is 39.9 Å². The van der Waals surface area contributed by atoms with E-state index in [-0.39, 0.29) is 0 Å². The van der Waals surface area contributed by atoms with Gasteiger partial charge in [0.2, 0.25) is 5.88 Å². The average Bonchev–Trinajstić information content (AvgIpc) is 2.74. The van der Waals surface area contributed by atoms with Crippen LogP contribution in [0.25, 0.3) is 11.0 Å². The number of aromatic nitrogens is 3. The van der Waals surface area contributed by atoms with E-state index in [1.807, 2.05) is 36.0 Å². The van der Waals surface area contributed by atoms with Crippen molar-refractivity contribution in [3.8, 4) is 11.6 Å². The van der Waals surface area contributed by atoms with Gasteiger partial charge in [0.05, 0.1) is 5.39 Å². The Morgan fingerprint density at radius 3 is 2.82 bits per heavy atom. The molecule has 0 fully saturated rings. The molecule has 83 valence electrons. The lowest BCUT2D eigenvalue weighted by Gasteiger charge is -2.04. The summed E-state index contributed by atoms with van der Waals surface area (Å²) in [5, 5.41) is 0.905. The maximum atomic E-state index is 5.72. The molecule has 0 unspecified atom stereocenters. The van der Waals surface area contributed by atoms with Crippen LogP contribution in [-0.2, 0) is 7.05 Å². The van der Waals surface area contributed by atoms with E-state index >= 15 is 0 Å². The second kappa shape index (κ2) is 3.90. The van der Waals surface area contributed by atoms with Gasteiger partial charge in [-0.2, -0.15) is 0 Å². The molecule has 0 aliphatic carbocycles. The molecular formula is C13H10N3O. The van der Waals surface area contributed by atoms with Crippen molar-refractivity contribution in [2.45, 2.75) is 0 Å². The van der Waals surface area contributed by atoms with Crippen molar-refractivity contribution in [1.29, 1.82) is 0 Å². The SMILES string of the molecule is Cn1ccc2c(Oc3cc[c]cc3)ncnc21. The highest BCUT2D eigenvalue weighted by Gasteiger charge is 2.08. The van der Waals surface area contributed by atoms with E-state index in [0.717, 1.165) is 16.8 Å². The van der Waals surface area contributed by atoms with E-state index in [2.05, 4.69) is 16.0 Å². The number of nitrogens with zero attached hydrogens (tertiary/aromatic N) is 3. The predicted molar refractivity (Wildman–Crippen MR) is 63.9 cm³/mol. The van der Waals surface area contributed by atoms with Crippen LogP contribution in [0.4, 0.5) is 0 Å². The summed E-state index contributed by atoms with van der Waals surface area (Å²) in [4.78, 5) is 8.37. The number of aryl methyl sites for hydroxylation is 1. The van der Waals surface area contributed by atoms with Crippen LogP contribution in [-0.4, -0.2) is 14.5 Å². The Labute approximate surface area is 98.5 Å². The van der Waals surface area contributed by atoms with Crippen molar-refractivity contribution in [3.63, 3.8) is 0 Å². The van der Waals surface area contributed by atoms with Gasteiger partial charge in [-0.05, 0) is 24.3 Å². The minimum atomic E-state index is 0.571. The summed E-state index contributed by atoms with van der Waals surface area (Å²) in [5.41, 5.74) is 0.859. The summed E-state index contributed by atoms with van der Waals surface area (Å²) >= 11 is 0. The fraction of sp³-hybridized carbons (Fsp3) is 0.0769. The Bertz CT molecular complexity index is 646. The molecule has 1 aromatic carbocycles. The zero-order chi connectivity index (χ0) is 11.7. The van der Waals surface area contributed by atoms with Crippen molar-refractivity contribution in [3.05, 3.63) is 48.9 Å². The highest BCUT2D eigenvalue weighted by Crippen LogP contribution is 2.26. The van der Waals surface area contributed by atoms with Crippen molar-refractivity contribution in [2.75, 3.05) is 0 Å². The average molecular weight is 224 g/mol. The summed E-state index contributed by atoms with van der Waals surface area (Å²) in [6.07, 6.45) is 3.44. The molecule has 17 heavy (non-hydrogen) atoms. The van der Waals surface area contributed by atoms with E-state index in [0.29, 0.717) is 5.88 Å². The van der Waals surface area contributed by atoms with E-state index in [4.69, 9.17) is 4.74 Å². The fourth-order valence-corrected chi connectivity index (χ4v) is 1.69. The third-order valence-electron chi connectivity index (χ3n) is 2.53. The first-order valence-corrected chi connectivity index (χ1v) is 5.24. The Kier molecular flexibility index (Phi) is 2.26. The number of rotatable bonds is 2. The van der Waals surface area contributed by atoms with Crippen LogP contribution in [0, 0.1) is 6.07 Å². The maximum Gasteiger partial charge on any atom is 0.231 e. The summed E-state index contributed by atoms with van der Waals surface area (Å²) in [7, 11) is 1.94. The molecule has 0 atom stereocenters. The van der Waals surface area contributed by atoms with Crippen LogP contribution in [0.15, 0.2) is 42.9 Å². The minimum Gasteiger partial charge on any atom is -0.438 e. The third kappa shape index (κ3) is 1.73. The van der Waals surface area contributed by atoms with Crippen LogP contribution in [0.3, 0.4) is 0 Å². The molecule has 3 aromatic rings. The molecule has 4 heteroatoms. The molecule has 2 heterocycles. The summed E-state index contributed by atoms with van der Waals surface area (Å²) in [6.45, 7) is 0. The van der Waals surface area contributed by atoms with Gasteiger partial charge in [0.15, 0.2) is 0 Å². The number of benzene rings is 1. The van der Waals surface area contributed by atoms with Crippen LogP contribution < -0.4 is 4.74 Å². The largest absolute Gasteiger partial charge is 0.438 e. The Morgan fingerprint density at radius 1 is 1.18 bits per heavy atom. The normalized spacial score (nSPS) is 10.6. The lowest BCUT2D eigenvalue weighted by Crippen LogP contribution is -1.92. The molecule has 3 rings (SSSR count). The number of ether oxygens (including phenoxy) is 1. The van der Waals surface area contributed by atoms with E-state index in [9.17, 15) is 0 Å². The van der Waals surface area contributed by atoms with Gasteiger partial charge in [-0.3, -0.25) is 0 Å². The molecule has 0 N–H and O–H groups in total. The lowest BCUT2D eigenvalue weighted by atomic mass is 10.3. The van der Waals surface area contributed by atoms with Gasteiger partial charge >= 0.3 is 0 Å². The zero-order valence-electron chi connectivity index (χ0n) is 9.29. The van der Waals surface area contributed by atoms with Crippen molar-refractivity contribution >= 4 is 11.0 Å². The number of hydrogen-bond acceptors (Lipinski definition) is 3. The van der Waals surface area contributed by atoms with Gasteiger partial charge in [0.25, 0.3) is 0 Å². The van der Waals surface area contributed by atoms with Crippen LogP contribution >= 0.6 is 0 Å². The van der Waals surface area contributed by atoms with Crippen LogP contribution in [0.2, 0.25) is 0 Å². The number of fused-ring (bicyclic) bond motifs is 1. The molecule has 0 aliphatic heterocycles. The van der Waals surface area contributed by atoms with Gasteiger partial charge < -0.3 is 9.30 Å². The molecule has 2 aromatic heterocycles. The molecule has 4 nitrogen and oxygen atoms in total. The number of hydrogen-bond donors (Lipinski definition) is 0. The molecular weight excluding hydrogens is 214 g/mol. The molecule has 0 spiro atoms. The highest BCUT2D eigenvalue weighted by atomic mass is 16.5. The predicted octanol–water partition coefficient (Wildman–Crippen LogP) is 2.56. The van der Waals surface area contributed by atoms with Gasteiger partial charge in [-0.1, -0.05) is 12.1 Å². The molecule has 0 amide bonds. The molecule has 0 saturated carbocycles. The molecule has 1 radical (unpaired) electrons. The van der Waals surface area contributed by atoms with Gasteiger partial charge in [0, 0.05) is 13.2 Å². The second-order valence-corrected chi connectivity index (χ2v) is 3.68. The van der Waals surface area contributed by atoms with Gasteiger partial charge in [0.1, 0.15) is 17.7 Å². The molecule has 0 bridgehead atoms. The fourth-order valence-electron chi connectivity index (χ4n) is 1.69. The van der Waals surface area contributed by atoms with Gasteiger partial charge in [-0.15, -0.1) is 0 Å². The third-order valence-corrected chi connectivity index (χ3v) is 2.53. The summed E-state index contributed by atoms with van der Waals surface area (Å²) in [5.74, 6) is 1.31. The van der Waals surface area contributed by atoms with E-state index in [1.54, 1.807) is 12.1 Å². The first-order valence-electron chi connectivity index (χ1n) is 5.24. The van der Waals surface area contributed by atoms with Crippen molar-refractivity contribution in [1.82, 2.24) is 14.5 Å². The van der Waals surface area contributed by atoms with E-state index < -0.39 is 0 Å². The minimum absolute atomic E-state index is 0.571. The van der Waals surface area contributed by atoms with Gasteiger partial charge in [-0.25, -0.2) is 9.97 Å². The van der Waals surface area contributed by atoms with Crippen LogP contribution in [0.1, 0.15) is 0 Å².